The van der Waals surface area contributed by atoms with Crippen LogP contribution in [0.15, 0.2) is 34.7 Å². The van der Waals surface area contributed by atoms with Gasteiger partial charge in [0.15, 0.2) is 6.10 Å². The van der Waals surface area contributed by atoms with E-state index in [9.17, 15) is 4.79 Å². The highest BCUT2D eigenvalue weighted by Crippen LogP contribution is 2.28. The Hall–Kier alpha value is -2.14. The van der Waals surface area contributed by atoms with E-state index in [1.165, 1.54) is 0 Å². The second-order valence-corrected chi connectivity index (χ2v) is 5.14. The van der Waals surface area contributed by atoms with Crippen molar-refractivity contribution in [2.75, 3.05) is 13.7 Å². The first-order valence-corrected chi connectivity index (χ1v) is 7.00. The molecule has 1 aromatic carbocycles. The van der Waals surface area contributed by atoms with Crippen molar-refractivity contribution in [3.63, 3.8) is 0 Å². The Kier molecular flexibility index (Phi) is 3.75. The zero-order valence-corrected chi connectivity index (χ0v) is 12.2. The van der Waals surface area contributed by atoms with E-state index in [0.29, 0.717) is 25.4 Å². The van der Waals surface area contributed by atoms with Gasteiger partial charge in [0, 0.05) is 27.0 Å². The predicted molar refractivity (Wildman–Crippen MR) is 76.6 cm³/mol. The Bertz CT molecular complexity index is 636. The molecule has 0 saturated carbocycles. The number of oxazole rings is 1. The van der Waals surface area contributed by atoms with Crippen LogP contribution in [0.1, 0.15) is 35.9 Å². The zero-order chi connectivity index (χ0) is 14.8. The molecule has 0 N–H and O–H groups in total. The summed E-state index contributed by atoms with van der Waals surface area (Å²) < 4.78 is 11.4. The first-order valence-electron chi connectivity index (χ1n) is 7.00. The van der Waals surface area contributed by atoms with Gasteiger partial charge in [-0.25, -0.2) is 4.98 Å². The Morgan fingerprint density at radius 2 is 2.14 bits per heavy atom. The molecule has 110 valence electrons. The van der Waals surface area contributed by atoms with Crippen molar-refractivity contribution in [2.24, 2.45) is 0 Å². The third-order valence-corrected chi connectivity index (χ3v) is 3.75. The first kappa shape index (κ1) is 13.8. The summed E-state index contributed by atoms with van der Waals surface area (Å²) in [4.78, 5) is 17.8. The second-order valence-electron chi connectivity index (χ2n) is 5.14. The summed E-state index contributed by atoms with van der Waals surface area (Å²) in [5.41, 5.74) is 1.84. The molecule has 0 aliphatic carbocycles. The van der Waals surface area contributed by atoms with Crippen LogP contribution in [-0.2, 0) is 22.5 Å². The molecule has 5 heteroatoms. The highest BCUT2D eigenvalue weighted by Gasteiger charge is 2.27. The van der Waals surface area contributed by atoms with E-state index in [2.05, 4.69) is 4.98 Å². The third-order valence-electron chi connectivity index (χ3n) is 3.75. The number of aromatic nitrogens is 1. The number of carbonyl (C=O) groups is 1. The van der Waals surface area contributed by atoms with Crippen LogP contribution in [-0.4, -0.2) is 29.4 Å². The first-order chi connectivity index (χ1) is 10.2. The largest absolute Gasteiger partial charge is 0.442 e. The molecule has 1 amide bonds. The van der Waals surface area contributed by atoms with Gasteiger partial charge in [-0.3, -0.25) is 4.79 Å². The Balaban J connectivity index is 1.89. The topological polar surface area (TPSA) is 55.6 Å². The number of nitrogens with zero attached hydrogens (tertiary/aromatic N) is 2. The Morgan fingerprint density at radius 1 is 1.38 bits per heavy atom. The van der Waals surface area contributed by atoms with Crippen molar-refractivity contribution in [3.05, 3.63) is 53.2 Å². The average molecular weight is 286 g/mol. The molecule has 5 nitrogen and oxygen atoms in total. The van der Waals surface area contributed by atoms with Crippen molar-refractivity contribution >= 4 is 5.91 Å². The van der Waals surface area contributed by atoms with E-state index in [0.717, 1.165) is 17.0 Å². The summed E-state index contributed by atoms with van der Waals surface area (Å²) in [5, 5.41) is 0. The van der Waals surface area contributed by atoms with Crippen molar-refractivity contribution < 1.29 is 13.9 Å². The second kappa shape index (κ2) is 5.69. The molecule has 2 aromatic rings. The number of hydrogen-bond donors (Lipinski definition) is 0. The molecule has 1 aromatic heterocycles. The number of fused-ring (bicyclic) bond motifs is 1. The summed E-state index contributed by atoms with van der Waals surface area (Å²) >= 11 is 0. The molecule has 2 heterocycles. The third kappa shape index (κ3) is 2.69. The number of amides is 1. The summed E-state index contributed by atoms with van der Waals surface area (Å²) in [6.45, 7) is 2.77. The maximum Gasteiger partial charge on any atom is 0.228 e. The molecule has 21 heavy (non-hydrogen) atoms. The zero-order valence-electron chi connectivity index (χ0n) is 12.2. The smallest absolute Gasteiger partial charge is 0.228 e. The monoisotopic (exact) mass is 286 g/mol. The van der Waals surface area contributed by atoms with Crippen molar-refractivity contribution in [3.8, 4) is 0 Å². The van der Waals surface area contributed by atoms with Crippen LogP contribution in [0.25, 0.3) is 0 Å². The molecule has 3 rings (SSSR count). The van der Waals surface area contributed by atoms with E-state index in [4.69, 9.17) is 9.15 Å². The van der Waals surface area contributed by atoms with Crippen LogP contribution >= 0.6 is 0 Å². The van der Waals surface area contributed by atoms with Gasteiger partial charge in [0.05, 0.1) is 6.54 Å². The van der Waals surface area contributed by atoms with Gasteiger partial charge >= 0.3 is 0 Å². The van der Waals surface area contributed by atoms with Gasteiger partial charge in [0.25, 0.3) is 0 Å². The summed E-state index contributed by atoms with van der Waals surface area (Å²) in [6, 6.07) is 9.85. The highest BCUT2D eigenvalue weighted by atomic mass is 16.5. The summed E-state index contributed by atoms with van der Waals surface area (Å²) in [5.74, 6) is 1.48. The van der Waals surface area contributed by atoms with Crippen LogP contribution in [0.5, 0.6) is 0 Å². The number of benzene rings is 1. The molecular formula is C16H18N2O3. The maximum absolute atomic E-state index is 11.5. The van der Waals surface area contributed by atoms with Crippen LogP contribution < -0.4 is 0 Å². The normalized spacial score (nSPS) is 15.6. The van der Waals surface area contributed by atoms with Gasteiger partial charge in [-0.1, -0.05) is 30.3 Å². The minimum atomic E-state index is -0.317. The van der Waals surface area contributed by atoms with E-state index < -0.39 is 0 Å². The molecule has 0 fully saturated rings. The Labute approximate surface area is 123 Å². The van der Waals surface area contributed by atoms with Gasteiger partial charge in [0.2, 0.25) is 11.8 Å². The van der Waals surface area contributed by atoms with Crippen LogP contribution in [0.2, 0.25) is 0 Å². The van der Waals surface area contributed by atoms with Gasteiger partial charge in [0.1, 0.15) is 11.5 Å². The number of ether oxygens (including phenoxy) is 1. The van der Waals surface area contributed by atoms with Gasteiger partial charge in [-0.15, -0.1) is 0 Å². The molecular weight excluding hydrogens is 268 g/mol. The molecule has 0 saturated heterocycles. The lowest BCUT2D eigenvalue weighted by Crippen LogP contribution is -2.33. The molecule has 1 unspecified atom stereocenters. The average Bonchev–Trinajstić information content (AvgIpc) is 2.91. The van der Waals surface area contributed by atoms with Gasteiger partial charge in [-0.2, -0.15) is 0 Å². The molecule has 1 aliphatic rings. The van der Waals surface area contributed by atoms with E-state index >= 15 is 0 Å². The standard InChI is InChI=1S/C16H18N2O3/c1-11(19)18-9-8-14-13(10-18)17-16(21-14)15(20-2)12-6-4-3-5-7-12/h3-7,15H,8-10H2,1-2H3. The number of carbonyl (C=O) groups excluding carboxylic acids is 1. The van der Waals surface area contributed by atoms with Crippen LogP contribution in [0.3, 0.4) is 0 Å². The number of hydrogen-bond acceptors (Lipinski definition) is 4. The Morgan fingerprint density at radius 3 is 2.81 bits per heavy atom. The quantitative estimate of drug-likeness (QED) is 0.869. The minimum Gasteiger partial charge on any atom is -0.442 e. The van der Waals surface area contributed by atoms with Gasteiger partial charge < -0.3 is 14.1 Å². The van der Waals surface area contributed by atoms with E-state index in [-0.39, 0.29) is 12.0 Å². The molecule has 0 radical (unpaired) electrons. The fraction of sp³-hybridized carbons (Fsp3) is 0.375. The fourth-order valence-electron chi connectivity index (χ4n) is 2.61. The van der Waals surface area contributed by atoms with E-state index in [1.54, 1.807) is 18.9 Å². The maximum atomic E-state index is 11.5. The lowest BCUT2D eigenvalue weighted by Gasteiger charge is -2.23. The van der Waals surface area contributed by atoms with Crippen molar-refractivity contribution in [1.29, 1.82) is 0 Å². The molecule has 0 spiro atoms. The van der Waals surface area contributed by atoms with Crippen LogP contribution in [0, 0.1) is 0 Å². The lowest BCUT2D eigenvalue weighted by molar-refractivity contribution is -0.129. The SMILES string of the molecule is COC(c1ccccc1)c1nc2c(o1)CCN(C(C)=O)C2. The predicted octanol–water partition coefficient (Wildman–Crippen LogP) is 2.32. The fourth-order valence-corrected chi connectivity index (χ4v) is 2.61. The number of methoxy groups -OCH3 is 1. The van der Waals surface area contributed by atoms with Crippen LogP contribution in [0.4, 0.5) is 0 Å². The number of rotatable bonds is 3. The highest BCUT2D eigenvalue weighted by molar-refractivity contribution is 5.73. The summed E-state index contributed by atoms with van der Waals surface area (Å²) in [6.07, 6.45) is 0.384. The molecule has 0 bridgehead atoms. The van der Waals surface area contributed by atoms with Crippen molar-refractivity contribution in [2.45, 2.75) is 26.0 Å². The lowest BCUT2D eigenvalue weighted by atomic mass is 10.1. The van der Waals surface area contributed by atoms with E-state index in [1.807, 2.05) is 30.3 Å². The van der Waals surface area contributed by atoms with Crippen molar-refractivity contribution in [1.82, 2.24) is 9.88 Å². The molecule has 1 aliphatic heterocycles. The molecule has 1 atom stereocenters. The van der Waals surface area contributed by atoms with Gasteiger partial charge in [-0.05, 0) is 5.56 Å². The minimum absolute atomic E-state index is 0.0663. The summed E-state index contributed by atoms with van der Waals surface area (Å²) in [7, 11) is 1.64.